The van der Waals surface area contributed by atoms with Crippen LogP contribution in [0.5, 0.6) is 11.5 Å². The maximum atomic E-state index is 11.2. The highest BCUT2D eigenvalue weighted by Gasteiger charge is 2.26. The van der Waals surface area contributed by atoms with E-state index in [0.717, 1.165) is 34.4 Å². The lowest BCUT2D eigenvalue weighted by Gasteiger charge is -2.26. The summed E-state index contributed by atoms with van der Waals surface area (Å²) >= 11 is 0. The highest BCUT2D eigenvalue weighted by molar-refractivity contribution is 5.77. The Labute approximate surface area is 170 Å². The van der Waals surface area contributed by atoms with Crippen LogP contribution in [-0.2, 0) is 5.41 Å². The van der Waals surface area contributed by atoms with E-state index in [1.54, 1.807) is 7.11 Å². The molecule has 0 spiro atoms. The summed E-state index contributed by atoms with van der Waals surface area (Å²) in [7, 11) is 1.62. The van der Waals surface area contributed by atoms with Crippen molar-refractivity contribution >= 4 is 11.0 Å². The van der Waals surface area contributed by atoms with Gasteiger partial charge in [0.15, 0.2) is 0 Å². The van der Waals surface area contributed by atoms with Crippen molar-refractivity contribution in [2.75, 3.05) is 7.11 Å². The number of aromatic hydroxyl groups is 1. The second-order valence-corrected chi connectivity index (χ2v) is 7.84. The second kappa shape index (κ2) is 7.24. The number of methoxy groups -OCH3 is 1. The van der Waals surface area contributed by atoms with E-state index < -0.39 is 0 Å². The van der Waals surface area contributed by atoms with Crippen molar-refractivity contribution in [2.45, 2.75) is 32.6 Å². The van der Waals surface area contributed by atoms with E-state index in [4.69, 9.17) is 4.74 Å². The van der Waals surface area contributed by atoms with Gasteiger partial charge in [0.05, 0.1) is 7.11 Å². The average Bonchev–Trinajstić information content (AvgIpc) is 3.17. The molecule has 0 saturated carbocycles. The molecule has 0 saturated heterocycles. The van der Waals surface area contributed by atoms with Gasteiger partial charge in [0, 0.05) is 11.6 Å². The highest BCUT2D eigenvalue weighted by atomic mass is 16.5. The first-order valence-electron chi connectivity index (χ1n) is 9.77. The van der Waals surface area contributed by atoms with Crippen molar-refractivity contribution in [3.05, 3.63) is 66.2 Å². The Hall–Kier alpha value is -3.34. The summed E-state index contributed by atoms with van der Waals surface area (Å²) in [6.45, 7) is 6.40. The molecular weight excluding hydrogens is 362 g/mol. The molecule has 0 atom stereocenters. The molecule has 29 heavy (non-hydrogen) atoms. The lowest BCUT2D eigenvalue weighted by Crippen LogP contribution is -2.17. The van der Waals surface area contributed by atoms with Crippen molar-refractivity contribution in [1.29, 1.82) is 0 Å². The van der Waals surface area contributed by atoms with Crippen LogP contribution in [0.1, 0.15) is 32.8 Å². The Kier molecular flexibility index (Phi) is 4.74. The number of ether oxygens (including phenoxy) is 1. The number of phenolic OH excluding ortho intramolecular Hbond substituents is 1. The van der Waals surface area contributed by atoms with Crippen LogP contribution in [0.15, 0.2) is 60.7 Å². The maximum absolute atomic E-state index is 11.2. The summed E-state index contributed by atoms with van der Waals surface area (Å²) in [5.74, 6) is 0.934. The number of aromatic nitrogens is 3. The molecule has 4 rings (SSSR count). The third-order valence-electron chi connectivity index (χ3n) is 5.61. The fourth-order valence-corrected chi connectivity index (χ4v) is 3.40. The second-order valence-electron chi connectivity index (χ2n) is 7.84. The van der Waals surface area contributed by atoms with E-state index in [-0.39, 0.29) is 11.2 Å². The molecule has 0 aliphatic carbocycles. The Bertz CT molecular complexity index is 1160. The van der Waals surface area contributed by atoms with Crippen LogP contribution in [0, 0.1) is 0 Å². The Morgan fingerprint density at radius 1 is 0.931 bits per heavy atom. The van der Waals surface area contributed by atoms with E-state index in [2.05, 4.69) is 49.2 Å². The molecule has 0 amide bonds. The van der Waals surface area contributed by atoms with Crippen LogP contribution in [-0.4, -0.2) is 27.2 Å². The van der Waals surface area contributed by atoms with E-state index >= 15 is 0 Å². The zero-order chi connectivity index (χ0) is 20.6. The van der Waals surface area contributed by atoms with Gasteiger partial charge in [-0.2, -0.15) is 0 Å². The fraction of sp³-hybridized carbons (Fsp3) is 0.250. The summed E-state index contributed by atoms with van der Waals surface area (Å²) in [5.41, 5.74) is 4.82. The number of rotatable bonds is 5. The molecule has 0 bridgehead atoms. The number of hydrogen-bond donors (Lipinski definition) is 1. The van der Waals surface area contributed by atoms with E-state index in [1.807, 2.05) is 42.5 Å². The fourth-order valence-electron chi connectivity index (χ4n) is 3.40. The highest BCUT2D eigenvalue weighted by Crippen LogP contribution is 2.40. The van der Waals surface area contributed by atoms with Crippen LogP contribution in [0.3, 0.4) is 0 Å². The zero-order valence-corrected chi connectivity index (χ0v) is 17.2. The van der Waals surface area contributed by atoms with Crippen molar-refractivity contribution in [3.8, 4) is 28.3 Å². The van der Waals surface area contributed by atoms with Gasteiger partial charge in [-0.3, -0.25) is 0 Å². The van der Waals surface area contributed by atoms with E-state index in [1.165, 1.54) is 4.80 Å². The largest absolute Gasteiger partial charge is 0.505 e. The Morgan fingerprint density at radius 2 is 1.66 bits per heavy atom. The predicted molar refractivity (Wildman–Crippen MR) is 116 cm³/mol. The monoisotopic (exact) mass is 387 g/mol. The summed E-state index contributed by atoms with van der Waals surface area (Å²) in [6, 6.07) is 19.7. The number of nitrogens with zero attached hydrogens (tertiary/aromatic N) is 3. The van der Waals surface area contributed by atoms with Crippen LogP contribution < -0.4 is 4.74 Å². The third kappa shape index (κ3) is 3.44. The molecule has 0 aliphatic rings. The third-order valence-corrected chi connectivity index (χ3v) is 5.61. The lowest BCUT2D eigenvalue weighted by atomic mass is 9.80. The number of fused-ring (bicyclic) bond motifs is 1. The van der Waals surface area contributed by atoms with E-state index in [0.29, 0.717) is 11.2 Å². The first kappa shape index (κ1) is 19.0. The summed E-state index contributed by atoms with van der Waals surface area (Å²) in [5, 5.41) is 20.4. The van der Waals surface area contributed by atoms with Gasteiger partial charge in [0.2, 0.25) is 0 Å². The molecule has 0 unspecified atom stereocenters. The van der Waals surface area contributed by atoms with Crippen molar-refractivity contribution in [3.63, 3.8) is 0 Å². The van der Waals surface area contributed by atoms with Gasteiger partial charge in [-0.05, 0) is 47.2 Å². The molecule has 0 aliphatic heterocycles. The number of hydrogen-bond acceptors (Lipinski definition) is 4. The van der Waals surface area contributed by atoms with Crippen LogP contribution in [0.2, 0.25) is 0 Å². The Morgan fingerprint density at radius 3 is 2.34 bits per heavy atom. The average molecular weight is 387 g/mol. The smallest absolute Gasteiger partial charge is 0.146 e. The number of phenols is 1. The first-order valence-corrected chi connectivity index (χ1v) is 9.77. The van der Waals surface area contributed by atoms with Crippen LogP contribution in [0.4, 0.5) is 0 Å². The Balaban J connectivity index is 1.96. The van der Waals surface area contributed by atoms with Gasteiger partial charge in [0.1, 0.15) is 28.2 Å². The summed E-state index contributed by atoms with van der Waals surface area (Å²) in [6.07, 6.45) is 0.893. The topological polar surface area (TPSA) is 60.2 Å². The zero-order valence-electron chi connectivity index (χ0n) is 17.2. The molecule has 0 fully saturated rings. The van der Waals surface area contributed by atoms with Gasteiger partial charge in [0.25, 0.3) is 0 Å². The van der Waals surface area contributed by atoms with Gasteiger partial charge >= 0.3 is 0 Å². The molecule has 5 heteroatoms. The quantitative estimate of drug-likeness (QED) is 0.492. The van der Waals surface area contributed by atoms with Crippen molar-refractivity contribution < 1.29 is 9.84 Å². The molecule has 0 radical (unpaired) electrons. The van der Waals surface area contributed by atoms with Gasteiger partial charge in [-0.25, -0.2) is 0 Å². The van der Waals surface area contributed by atoms with Crippen molar-refractivity contribution in [1.82, 2.24) is 15.0 Å². The minimum Gasteiger partial charge on any atom is -0.505 e. The lowest BCUT2D eigenvalue weighted by molar-refractivity contribution is 0.415. The summed E-state index contributed by atoms with van der Waals surface area (Å²) in [4.78, 5) is 1.52. The van der Waals surface area contributed by atoms with Gasteiger partial charge in [-0.1, -0.05) is 51.1 Å². The standard InChI is InChI=1S/C24H25N3O2/c1-5-24(2,3)19-13-17(16-9-7-6-8-10-16)14-22(23(19)28)27-25-20-12-11-18(29-4)15-21(20)26-27/h6-15,28H,5H2,1-4H3. The van der Waals surface area contributed by atoms with Gasteiger partial charge < -0.3 is 9.84 Å². The SMILES string of the molecule is CCC(C)(C)c1cc(-c2ccccc2)cc(-n2nc3ccc(OC)cc3n2)c1O. The molecule has 148 valence electrons. The minimum atomic E-state index is -0.195. The number of benzene rings is 3. The summed E-state index contributed by atoms with van der Waals surface area (Å²) < 4.78 is 5.29. The molecule has 3 aromatic carbocycles. The molecular formula is C24H25N3O2. The van der Waals surface area contributed by atoms with E-state index in [9.17, 15) is 5.11 Å². The minimum absolute atomic E-state index is 0.195. The normalized spacial score (nSPS) is 11.7. The first-order chi connectivity index (χ1) is 13.9. The molecule has 1 aromatic heterocycles. The molecule has 1 N–H and O–H groups in total. The van der Waals surface area contributed by atoms with Crippen LogP contribution in [0.25, 0.3) is 27.8 Å². The molecule has 1 heterocycles. The van der Waals surface area contributed by atoms with Crippen LogP contribution >= 0.6 is 0 Å². The molecule has 5 nitrogen and oxygen atoms in total. The van der Waals surface area contributed by atoms with Crippen molar-refractivity contribution in [2.24, 2.45) is 0 Å². The molecule has 4 aromatic rings. The predicted octanol–water partition coefficient (Wildman–Crippen LogP) is 5.49. The van der Waals surface area contributed by atoms with Gasteiger partial charge in [-0.15, -0.1) is 15.0 Å². The maximum Gasteiger partial charge on any atom is 0.146 e.